The Morgan fingerprint density at radius 2 is 2.13 bits per heavy atom. The molecule has 0 atom stereocenters. The highest BCUT2D eigenvalue weighted by Gasteiger charge is 2.26. The van der Waals surface area contributed by atoms with Crippen molar-refractivity contribution in [1.82, 2.24) is 9.55 Å². The molecule has 0 spiro atoms. The van der Waals surface area contributed by atoms with Gasteiger partial charge in [0.2, 0.25) is 5.91 Å². The average Bonchev–Trinajstić information content (AvgIpc) is 2.50. The summed E-state index contributed by atoms with van der Waals surface area (Å²) in [5, 5.41) is 2.95. The summed E-state index contributed by atoms with van der Waals surface area (Å²) in [5.74, 6) is 0.742. The Balaban J connectivity index is 2.13. The standard InChI is InChI=1S/C17H21N3O2S/c1-17(2,12-23-3)15(21)19-14-7-4-6-13(10-14)11-20-9-5-8-18-16(20)22/h4-10H,11-12H2,1-3H3,(H,19,21). The van der Waals surface area contributed by atoms with Gasteiger partial charge in [0, 0.05) is 23.8 Å². The van der Waals surface area contributed by atoms with Crippen molar-refractivity contribution < 1.29 is 4.79 Å². The minimum Gasteiger partial charge on any atom is -0.326 e. The van der Waals surface area contributed by atoms with Gasteiger partial charge in [-0.1, -0.05) is 26.0 Å². The second-order valence-corrected chi connectivity index (χ2v) is 6.87. The molecule has 2 rings (SSSR count). The molecule has 2 aromatic rings. The molecular formula is C17H21N3O2S. The van der Waals surface area contributed by atoms with Crippen LogP contribution in [0.5, 0.6) is 0 Å². The second-order valence-electron chi connectivity index (χ2n) is 6.00. The quantitative estimate of drug-likeness (QED) is 0.884. The summed E-state index contributed by atoms with van der Waals surface area (Å²) in [7, 11) is 0. The maximum atomic E-state index is 12.4. The van der Waals surface area contributed by atoms with Gasteiger partial charge in [-0.3, -0.25) is 9.36 Å². The lowest BCUT2D eigenvalue weighted by atomic mass is 9.95. The van der Waals surface area contributed by atoms with E-state index in [-0.39, 0.29) is 11.6 Å². The molecule has 0 radical (unpaired) electrons. The van der Waals surface area contributed by atoms with E-state index < -0.39 is 5.41 Å². The van der Waals surface area contributed by atoms with Crippen LogP contribution in [0.1, 0.15) is 19.4 Å². The summed E-state index contributed by atoms with van der Waals surface area (Å²) in [6.45, 7) is 4.28. The van der Waals surface area contributed by atoms with Crippen molar-refractivity contribution in [1.29, 1.82) is 0 Å². The van der Waals surface area contributed by atoms with E-state index in [1.807, 2.05) is 44.4 Å². The molecule has 5 nitrogen and oxygen atoms in total. The molecule has 1 N–H and O–H groups in total. The van der Waals surface area contributed by atoms with Gasteiger partial charge in [-0.15, -0.1) is 0 Å². The number of rotatable bonds is 6. The lowest BCUT2D eigenvalue weighted by Gasteiger charge is -2.22. The molecule has 0 bridgehead atoms. The molecule has 1 heterocycles. The van der Waals surface area contributed by atoms with Crippen LogP contribution in [0.2, 0.25) is 0 Å². The van der Waals surface area contributed by atoms with E-state index >= 15 is 0 Å². The smallest absolute Gasteiger partial charge is 0.326 e. The predicted molar refractivity (Wildman–Crippen MR) is 94.8 cm³/mol. The lowest BCUT2D eigenvalue weighted by Crippen LogP contribution is -2.32. The van der Waals surface area contributed by atoms with Gasteiger partial charge in [0.05, 0.1) is 12.0 Å². The van der Waals surface area contributed by atoms with Crippen molar-refractivity contribution >= 4 is 23.4 Å². The van der Waals surface area contributed by atoms with E-state index in [2.05, 4.69) is 10.3 Å². The number of aromatic nitrogens is 2. The Bertz CT molecular complexity index is 740. The van der Waals surface area contributed by atoms with Crippen molar-refractivity contribution in [3.05, 3.63) is 58.8 Å². The summed E-state index contributed by atoms with van der Waals surface area (Å²) in [6.07, 6.45) is 5.16. The van der Waals surface area contributed by atoms with E-state index in [1.54, 1.807) is 24.0 Å². The molecule has 0 aliphatic carbocycles. The highest BCUT2D eigenvalue weighted by Crippen LogP contribution is 2.23. The molecule has 0 saturated carbocycles. The number of nitrogens with zero attached hydrogens (tertiary/aromatic N) is 2. The molecule has 1 aromatic heterocycles. The largest absolute Gasteiger partial charge is 0.347 e. The van der Waals surface area contributed by atoms with E-state index in [1.165, 1.54) is 10.8 Å². The lowest BCUT2D eigenvalue weighted by molar-refractivity contribution is -0.122. The van der Waals surface area contributed by atoms with Crippen molar-refractivity contribution in [2.45, 2.75) is 20.4 Å². The van der Waals surface area contributed by atoms with Crippen LogP contribution in [0.25, 0.3) is 0 Å². The fourth-order valence-corrected chi connectivity index (χ4v) is 3.03. The van der Waals surface area contributed by atoms with Crippen LogP contribution >= 0.6 is 11.8 Å². The Labute approximate surface area is 140 Å². The first kappa shape index (κ1) is 17.3. The fourth-order valence-electron chi connectivity index (χ4n) is 2.18. The number of anilines is 1. The number of nitrogens with one attached hydrogen (secondary N) is 1. The minimum absolute atomic E-state index is 0.0115. The van der Waals surface area contributed by atoms with Gasteiger partial charge in [-0.05, 0) is 30.0 Å². The number of benzene rings is 1. The molecule has 23 heavy (non-hydrogen) atoms. The van der Waals surface area contributed by atoms with Crippen molar-refractivity contribution in [3.8, 4) is 0 Å². The summed E-state index contributed by atoms with van der Waals surface area (Å²) in [5.41, 5.74) is 0.942. The molecule has 0 aliphatic rings. The van der Waals surface area contributed by atoms with Crippen LogP contribution in [0.4, 0.5) is 5.69 Å². The maximum absolute atomic E-state index is 12.4. The number of hydrogen-bond acceptors (Lipinski definition) is 4. The van der Waals surface area contributed by atoms with Crippen molar-refractivity contribution in [2.24, 2.45) is 5.41 Å². The zero-order valence-corrected chi connectivity index (χ0v) is 14.4. The Hall–Kier alpha value is -2.08. The first-order valence-corrected chi connectivity index (χ1v) is 8.72. The van der Waals surface area contributed by atoms with Crippen LogP contribution in [0.3, 0.4) is 0 Å². The third-order valence-corrected chi connectivity index (χ3v) is 4.45. The second kappa shape index (κ2) is 7.46. The molecule has 6 heteroatoms. The summed E-state index contributed by atoms with van der Waals surface area (Å²) < 4.78 is 1.53. The van der Waals surface area contributed by atoms with E-state index in [0.29, 0.717) is 6.54 Å². The minimum atomic E-state index is -0.435. The highest BCUT2D eigenvalue weighted by molar-refractivity contribution is 7.98. The Kier molecular flexibility index (Phi) is 5.60. The maximum Gasteiger partial charge on any atom is 0.347 e. The predicted octanol–water partition coefficient (Wildman–Crippen LogP) is 2.62. The van der Waals surface area contributed by atoms with Crippen LogP contribution < -0.4 is 11.0 Å². The van der Waals surface area contributed by atoms with Crippen molar-refractivity contribution in [3.63, 3.8) is 0 Å². The van der Waals surface area contributed by atoms with E-state index in [9.17, 15) is 9.59 Å². The van der Waals surface area contributed by atoms with Crippen LogP contribution in [0.15, 0.2) is 47.5 Å². The van der Waals surface area contributed by atoms with Crippen molar-refractivity contribution in [2.75, 3.05) is 17.3 Å². The first-order chi connectivity index (χ1) is 10.9. The summed E-state index contributed by atoms with van der Waals surface area (Å²) in [4.78, 5) is 27.8. The van der Waals surface area contributed by atoms with Gasteiger partial charge in [0.25, 0.3) is 0 Å². The van der Waals surface area contributed by atoms with Gasteiger partial charge < -0.3 is 5.32 Å². The van der Waals surface area contributed by atoms with E-state index in [0.717, 1.165) is 17.0 Å². The average molecular weight is 331 g/mol. The molecule has 1 aromatic carbocycles. The van der Waals surface area contributed by atoms with Gasteiger partial charge in [0.15, 0.2) is 0 Å². The highest BCUT2D eigenvalue weighted by atomic mass is 32.2. The molecule has 122 valence electrons. The third-order valence-electron chi connectivity index (χ3n) is 3.44. The third kappa shape index (κ3) is 4.69. The molecule has 0 fully saturated rings. The number of hydrogen-bond donors (Lipinski definition) is 1. The Morgan fingerprint density at radius 1 is 1.35 bits per heavy atom. The normalized spacial score (nSPS) is 11.3. The zero-order valence-electron chi connectivity index (χ0n) is 13.6. The molecule has 0 aliphatic heterocycles. The van der Waals surface area contributed by atoms with Gasteiger partial charge >= 0.3 is 5.69 Å². The van der Waals surface area contributed by atoms with Crippen LogP contribution in [0, 0.1) is 5.41 Å². The number of amides is 1. The molecule has 0 unspecified atom stereocenters. The van der Waals surface area contributed by atoms with Gasteiger partial charge in [-0.2, -0.15) is 11.8 Å². The van der Waals surface area contributed by atoms with Gasteiger partial charge in [0.1, 0.15) is 0 Å². The van der Waals surface area contributed by atoms with Gasteiger partial charge in [-0.25, -0.2) is 9.78 Å². The molecular weight excluding hydrogens is 310 g/mol. The van der Waals surface area contributed by atoms with E-state index in [4.69, 9.17) is 0 Å². The number of thioether (sulfide) groups is 1. The fraction of sp³-hybridized carbons (Fsp3) is 0.353. The topological polar surface area (TPSA) is 64.0 Å². The number of carbonyl (C=O) groups excluding carboxylic acids is 1. The first-order valence-electron chi connectivity index (χ1n) is 7.33. The van der Waals surface area contributed by atoms with Crippen LogP contribution in [-0.4, -0.2) is 27.5 Å². The summed E-state index contributed by atoms with van der Waals surface area (Å²) in [6, 6.07) is 9.24. The molecule has 0 saturated heterocycles. The number of carbonyl (C=O) groups is 1. The zero-order chi connectivity index (χ0) is 16.9. The Morgan fingerprint density at radius 3 is 2.83 bits per heavy atom. The monoisotopic (exact) mass is 331 g/mol. The molecule has 1 amide bonds. The SMILES string of the molecule is CSCC(C)(C)C(=O)Nc1cccc(Cn2cccnc2=O)c1. The summed E-state index contributed by atoms with van der Waals surface area (Å²) >= 11 is 1.65. The van der Waals surface area contributed by atoms with Crippen LogP contribution in [-0.2, 0) is 11.3 Å².